The lowest BCUT2D eigenvalue weighted by atomic mass is 9.97. The molecule has 1 N–H and O–H groups in total. The lowest BCUT2D eigenvalue weighted by molar-refractivity contribution is -0.152. The molecule has 2 saturated heterocycles. The van der Waals surface area contributed by atoms with Crippen molar-refractivity contribution in [1.29, 1.82) is 0 Å². The zero-order valence-electron chi connectivity index (χ0n) is 14.1. The third-order valence-corrected chi connectivity index (χ3v) is 4.51. The summed E-state index contributed by atoms with van der Waals surface area (Å²) in [5, 5.41) is 3.03. The Morgan fingerprint density at radius 2 is 2.17 bits per heavy atom. The molecule has 0 radical (unpaired) electrons. The van der Waals surface area contributed by atoms with E-state index in [2.05, 4.69) is 5.32 Å². The predicted molar refractivity (Wildman–Crippen MR) is 84.9 cm³/mol. The lowest BCUT2D eigenvalue weighted by Crippen LogP contribution is -2.57. The normalized spacial score (nSPS) is 24.8. The summed E-state index contributed by atoms with van der Waals surface area (Å²) in [5.74, 6) is -0.945. The van der Waals surface area contributed by atoms with Crippen LogP contribution in [0.1, 0.15) is 26.2 Å². The quantitative estimate of drug-likeness (QED) is 0.684. The molecular weight excluding hydrogens is 317 g/mol. The van der Waals surface area contributed by atoms with Gasteiger partial charge in [-0.3, -0.25) is 14.4 Å². The Balaban J connectivity index is 1.89. The zero-order chi connectivity index (χ0) is 17.5. The summed E-state index contributed by atoms with van der Waals surface area (Å²) in [5.41, 5.74) is 0. The molecule has 0 aromatic heterocycles. The Labute approximate surface area is 141 Å². The monoisotopic (exact) mass is 343 g/mol. The van der Waals surface area contributed by atoms with Crippen molar-refractivity contribution in [3.05, 3.63) is 0 Å². The Kier molecular flexibility index (Phi) is 6.96. The maximum absolute atomic E-state index is 12.5. The Morgan fingerprint density at radius 3 is 2.88 bits per heavy atom. The Morgan fingerprint density at radius 1 is 1.38 bits per heavy atom. The summed E-state index contributed by atoms with van der Waals surface area (Å²) in [7, 11) is 0. The molecule has 2 aliphatic rings. The highest BCUT2D eigenvalue weighted by Crippen LogP contribution is 2.19. The van der Waals surface area contributed by atoms with Crippen molar-refractivity contribution in [1.82, 2.24) is 15.1 Å². The molecule has 7 nitrogen and oxygen atoms in total. The minimum Gasteiger partial charge on any atom is -0.466 e. The van der Waals surface area contributed by atoms with Crippen LogP contribution >= 0.6 is 0 Å². The number of amides is 2. The van der Waals surface area contributed by atoms with Crippen LogP contribution in [0.25, 0.3) is 0 Å². The maximum Gasteiger partial charge on any atom is 0.310 e. The number of piperidine rings is 1. The van der Waals surface area contributed by atoms with Crippen LogP contribution in [-0.2, 0) is 19.1 Å². The lowest BCUT2D eigenvalue weighted by Gasteiger charge is -2.35. The van der Waals surface area contributed by atoms with Gasteiger partial charge in [-0.25, -0.2) is 4.39 Å². The van der Waals surface area contributed by atoms with Crippen molar-refractivity contribution in [3.63, 3.8) is 0 Å². The number of nitrogens with zero attached hydrogens (tertiary/aromatic N) is 2. The standard InChI is InChI=1S/C16H26FN3O4/c1-2-24-16(23)12-4-3-7-20(11-12)14(21)10-13-15(22)19(8-5-17)9-6-18-13/h12-13,18H,2-11H2,1H3. The van der Waals surface area contributed by atoms with Crippen molar-refractivity contribution < 1.29 is 23.5 Å². The van der Waals surface area contributed by atoms with Crippen LogP contribution in [-0.4, -0.2) is 79.6 Å². The topological polar surface area (TPSA) is 79.0 Å². The number of rotatable bonds is 6. The van der Waals surface area contributed by atoms with Gasteiger partial charge in [-0.15, -0.1) is 0 Å². The number of hydrogen-bond donors (Lipinski definition) is 1. The van der Waals surface area contributed by atoms with E-state index in [9.17, 15) is 18.8 Å². The fourth-order valence-electron chi connectivity index (χ4n) is 3.24. The molecule has 0 spiro atoms. The number of hydrogen-bond acceptors (Lipinski definition) is 5. The highest BCUT2D eigenvalue weighted by atomic mass is 19.1. The predicted octanol–water partition coefficient (Wildman–Crippen LogP) is -0.0519. The van der Waals surface area contributed by atoms with Crippen LogP contribution in [0.5, 0.6) is 0 Å². The van der Waals surface area contributed by atoms with Gasteiger partial charge in [0.2, 0.25) is 11.8 Å². The van der Waals surface area contributed by atoms with Gasteiger partial charge in [-0.05, 0) is 19.8 Å². The summed E-state index contributed by atoms with van der Waals surface area (Å²) < 4.78 is 17.5. The van der Waals surface area contributed by atoms with E-state index in [1.807, 2.05) is 0 Å². The summed E-state index contributed by atoms with van der Waals surface area (Å²) in [6.45, 7) is 3.51. The van der Waals surface area contributed by atoms with E-state index >= 15 is 0 Å². The number of alkyl halides is 1. The van der Waals surface area contributed by atoms with Crippen LogP contribution in [0.2, 0.25) is 0 Å². The third-order valence-electron chi connectivity index (χ3n) is 4.51. The Hall–Kier alpha value is -1.70. The number of carbonyl (C=O) groups excluding carboxylic acids is 3. The van der Waals surface area contributed by atoms with Crippen LogP contribution in [0, 0.1) is 5.92 Å². The van der Waals surface area contributed by atoms with Gasteiger partial charge in [0.25, 0.3) is 0 Å². The van der Waals surface area contributed by atoms with E-state index in [-0.39, 0.29) is 36.7 Å². The highest BCUT2D eigenvalue weighted by Gasteiger charge is 2.34. The third kappa shape index (κ3) is 4.66. The first-order chi connectivity index (χ1) is 11.6. The molecule has 2 unspecified atom stereocenters. The molecule has 8 heteroatoms. The minimum absolute atomic E-state index is 0.0389. The van der Waals surface area contributed by atoms with Gasteiger partial charge in [-0.1, -0.05) is 0 Å². The number of carbonyl (C=O) groups is 3. The summed E-state index contributed by atoms with van der Waals surface area (Å²) in [4.78, 5) is 39.7. The summed E-state index contributed by atoms with van der Waals surface area (Å²) in [6, 6.07) is -0.610. The van der Waals surface area contributed by atoms with Crippen molar-refractivity contribution in [2.45, 2.75) is 32.2 Å². The average Bonchev–Trinajstić information content (AvgIpc) is 2.59. The van der Waals surface area contributed by atoms with Crippen molar-refractivity contribution >= 4 is 17.8 Å². The number of ether oxygens (including phenoxy) is 1. The maximum atomic E-state index is 12.5. The van der Waals surface area contributed by atoms with E-state index < -0.39 is 12.7 Å². The van der Waals surface area contributed by atoms with E-state index in [0.717, 1.165) is 6.42 Å². The number of likely N-dealkylation sites (tertiary alicyclic amines) is 1. The van der Waals surface area contributed by atoms with Crippen LogP contribution in [0.3, 0.4) is 0 Å². The molecule has 2 amide bonds. The molecule has 2 heterocycles. The number of nitrogens with one attached hydrogen (secondary N) is 1. The van der Waals surface area contributed by atoms with E-state index in [1.165, 1.54) is 4.90 Å². The van der Waals surface area contributed by atoms with Crippen LogP contribution < -0.4 is 5.32 Å². The van der Waals surface area contributed by atoms with Crippen LogP contribution in [0.4, 0.5) is 4.39 Å². The van der Waals surface area contributed by atoms with E-state index in [0.29, 0.717) is 39.2 Å². The number of piperazine rings is 1. The SMILES string of the molecule is CCOC(=O)C1CCCN(C(=O)CC2NCCN(CCF)C2=O)C1. The van der Waals surface area contributed by atoms with Crippen molar-refractivity contribution in [2.75, 3.05) is 46.0 Å². The molecule has 2 atom stereocenters. The number of halogens is 1. The molecule has 0 saturated carbocycles. The first kappa shape index (κ1) is 18.6. The van der Waals surface area contributed by atoms with Gasteiger partial charge in [0.1, 0.15) is 6.67 Å². The van der Waals surface area contributed by atoms with Crippen LogP contribution in [0.15, 0.2) is 0 Å². The fraction of sp³-hybridized carbons (Fsp3) is 0.812. The van der Waals surface area contributed by atoms with Crippen molar-refractivity contribution in [2.24, 2.45) is 5.92 Å². The summed E-state index contributed by atoms with van der Waals surface area (Å²) >= 11 is 0. The molecule has 2 aliphatic heterocycles. The van der Waals surface area contributed by atoms with E-state index in [1.54, 1.807) is 11.8 Å². The molecule has 2 rings (SSSR count). The van der Waals surface area contributed by atoms with Gasteiger partial charge >= 0.3 is 5.97 Å². The second-order valence-electron chi connectivity index (χ2n) is 6.16. The molecule has 136 valence electrons. The molecule has 0 aromatic rings. The van der Waals surface area contributed by atoms with Gasteiger partial charge < -0.3 is 19.9 Å². The number of esters is 1. The second kappa shape index (κ2) is 8.96. The largest absolute Gasteiger partial charge is 0.466 e. The minimum atomic E-state index is -0.610. The van der Waals surface area contributed by atoms with E-state index in [4.69, 9.17) is 4.74 Å². The first-order valence-corrected chi connectivity index (χ1v) is 8.59. The first-order valence-electron chi connectivity index (χ1n) is 8.59. The van der Waals surface area contributed by atoms with Crippen molar-refractivity contribution in [3.8, 4) is 0 Å². The average molecular weight is 343 g/mol. The van der Waals surface area contributed by atoms with Gasteiger partial charge in [0.15, 0.2) is 0 Å². The zero-order valence-corrected chi connectivity index (χ0v) is 14.1. The molecule has 0 aliphatic carbocycles. The molecule has 0 bridgehead atoms. The van der Waals surface area contributed by atoms with Gasteiger partial charge in [0.05, 0.1) is 25.0 Å². The second-order valence-corrected chi connectivity index (χ2v) is 6.16. The Bertz CT molecular complexity index is 472. The molecule has 0 aromatic carbocycles. The highest BCUT2D eigenvalue weighted by molar-refractivity contribution is 5.89. The molecule has 2 fully saturated rings. The fourth-order valence-corrected chi connectivity index (χ4v) is 3.24. The molecular formula is C16H26FN3O4. The molecule has 24 heavy (non-hydrogen) atoms. The van der Waals surface area contributed by atoms with Gasteiger partial charge in [0, 0.05) is 32.7 Å². The summed E-state index contributed by atoms with van der Waals surface area (Å²) in [6.07, 6.45) is 1.50. The van der Waals surface area contributed by atoms with Gasteiger partial charge in [-0.2, -0.15) is 0 Å². The smallest absolute Gasteiger partial charge is 0.310 e.